The molecule has 1 heterocycles. The molecule has 0 spiro atoms. The lowest BCUT2D eigenvalue weighted by Crippen LogP contribution is -1.87. The molecule has 0 atom stereocenters. The average molecular weight is 209 g/mol. The zero-order valence-electron chi connectivity index (χ0n) is 7.58. The highest BCUT2D eigenvalue weighted by Gasteiger charge is 2.06. The van der Waals surface area contributed by atoms with Gasteiger partial charge < -0.3 is 5.73 Å². The van der Waals surface area contributed by atoms with Crippen LogP contribution in [0.1, 0.15) is 5.56 Å². The first kappa shape index (κ1) is 9.02. The van der Waals surface area contributed by atoms with Crippen molar-refractivity contribution in [3.05, 3.63) is 28.8 Å². The van der Waals surface area contributed by atoms with Gasteiger partial charge in [-0.2, -0.15) is 4.98 Å². The fraction of sp³-hybridized carbons (Fsp3) is 0.111. The maximum Gasteiger partial charge on any atom is 0.239 e. The molecule has 0 saturated heterocycles. The minimum absolute atomic E-state index is 0.236. The smallest absolute Gasteiger partial charge is 0.239 e. The van der Waals surface area contributed by atoms with Crippen molar-refractivity contribution >= 4 is 17.5 Å². The van der Waals surface area contributed by atoms with Gasteiger partial charge in [-0.1, -0.05) is 17.7 Å². The number of rotatable bonds is 1. The number of aromatic amines is 1. The van der Waals surface area contributed by atoms with E-state index in [1.807, 2.05) is 25.1 Å². The van der Waals surface area contributed by atoms with E-state index in [0.29, 0.717) is 10.8 Å². The summed E-state index contributed by atoms with van der Waals surface area (Å²) in [6.07, 6.45) is 0. The molecule has 0 radical (unpaired) electrons. The molecule has 0 fully saturated rings. The Kier molecular flexibility index (Phi) is 2.13. The third-order valence-electron chi connectivity index (χ3n) is 1.96. The molecule has 0 unspecified atom stereocenters. The number of anilines is 1. The highest BCUT2D eigenvalue weighted by Crippen LogP contribution is 2.23. The van der Waals surface area contributed by atoms with Gasteiger partial charge in [0.05, 0.1) is 0 Å². The lowest BCUT2D eigenvalue weighted by atomic mass is 10.1. The second-order valence-electron chi connectivity index (χ2n) is 3.00. The summed E-state index contributed by atoms with van der Waals surface area (Å²) in [7, 11) is 0. The van der Waals surface area contributed by atoms with Crippen LogP contribution in [0.2, 0.25) is 5.02 Å². The molecular formula is C9H9ClN4. The summed E-state index contributed by atoms with van der Waals surface area (Å²) >= 11 is 5.88. The first-order valence-corrected chi connectivity index (χ1v) is 4.49. The van der Waals surface area contributed by atoms with Crippen LogP contribution >= 0.6 is 11.6 Å². The van der Waals surface area contributed by atoms with Crippen LogP contribution in [-0.2, 0) is 0 Å². The van der Waals surface area contributed by atoms with E-state index in [1.54, 1.807) is 0 Å². The second kappa shape index (κ2) is 3.31. The van der Waals surface area contributed by atoms with Crippen LogP contribution in [-0.4, -0.2) is 15.2 Å². The summed E-state index contributed by atoms with van der Waals surface area (Å²) in [5, 5.41) is 7.17. The number of halogens is 1. The van der Waals surface area contributed by atoms with E-state index in [1.165, 1.54) is 0 Å². The summed E-state index contributed by atoms with van der Waals surface area (Å²) in [5.74, 6) is 0.877. The van der Waals surface area contributed by atoms with Gasteiger partial charge in [-0.15, -0.1) is 5.10 Å². The van der Waals surface area contributed by atoms with Crippen LogP contribution in [0.25, 0.3) is 11.4 Å². The SMILES string of the molecule is Cc1ccc(Cl)cc1-c1nc(N)n[nH]1. The van der Waals surface area contributed by atoms with Gasteiger partial charge in [0.25, 0.3) is 0 Å². The highest BCUT2D eigenvalue weighted by atomic mass is 35.5. The zero-order chi connectivity index (χ0) is 10.1. The quantitative estimate of drug-likeness (QED) is 0.754. The summed E-state index contributed by atoms with van der Waals surface area (Å²) < 4.78 is 0. The zero-order valence-corrected chi connectivity index (χ0v) is 8.34. The van der Waals surface area contributed by atoms with Crippen LogP contribution in [0.5, 0.6) is 0 Å². The number of hydrogen-bond acceptors (Lipinski definition) is 3. The normalized spacial score (nSPS) is 10.4. The van der Waals surface area contributed by atoms with Gasteiger partial charge in [0.1, 0.15) is 0 Å². The molecule has 0 aliphatic heterocycles. The van der Waals surface area contributed by atoms with E-state index < -0.39 is 0 Å². The number of hydrogen-bond donors (Lipinski definition) is 2. The maximum atomic E-state index is 5.88. The molecule has 0 amide bonds. The number of aromatic nitrogens is 3. The van der Waals surface area contributed by atoms with Crippen molar-refractivity contribution in [1.82, 2.24) is 15.2 Å². The summed E-state index contributed by atoms with van der Waals surface area (Å²) in [4.78, 5) is 4.04. The van der Waals surface area contributed by atoms with Gasteiger partial charge in [0.2, 0.25) is 5.95 Å². The fourth-order valence-corrected chi connectivity index (χ4v) is 1.42. The molecule has 2 rings (SSSR count). The minimum atomic E-state index is 0.236. The van der Waals surface area contributed by atoms with E-state index in [-0.39, 0.29) is 5.95 Å². The summed E-state index contributed by atoms with van der Waals surface area (Å²) in [5.41, 5.74) is 7.41. The number of aryl methyl sites for hydroxylation is 1. The van der Waals surface area contributed by atoms with Crippen LogP contribution in [0.4, 0.5) is 5.95 Å². The Morgan fingerprint density at radius 1 is 1.43 bits per heavy atom. The maximum absolute atomic E-state index is 5.88. The number of nitrogen functional groups attached to an aromatic ring is 1. The molecule has 0 saturated carbocycles. The standard InChI is InChI=1S/C9H9ClN4/c1-5-2-3-6(10)4-7(5)8-12-9(11)14-13-8/h2-4H,1H3,(H3,11,12,13,14). The number of nitrogens with two attached hydrogens (primary N) is 1. The summed E-state index contributed by atoms with van der Waals surface area (Å²) in [6, 6.07) is 5.59. The minimum Gasteiger partial charge on any atom is -0.366 e. The van der Waals surface area contributed by atoms with E-state index in [0.717, 1.165) is 11.1 Å². The predicted molar refractivity (Wildman–Crippen MR) is 56.0 cm³/mol. The molecule has 1 aromatic carbocycles. The first-order chi connectivity index (χ1) is 6.66. The molecular weight excluding hydrogens is 200 g/mol. The van der Waals surface area contributed by atoms with E-state index in [9.17, 15) is 0 Å². The van der Waals surface area contributed by atoms with Gasteiger partial charge in [0, 0.05) is 10.6 Å². The van der Waals surface area contributed by atoms with E-state index in [2.05, 4.69) is 15.2 Å². The monoisotopic (exact) mass is 208 g/mol. The Hall–Kier alpha value is -1.55. The number of benzene rings is 1. The lowest BCUT2D eigenvalue weighted by molar-refractivity contribution is 1.10. The van der Waals surface area contributed by atoms with Gasteiger partial charge in [-0.3, -0.25) is 5.10 Å². The molecule has 5 heteroatoms. The molecule has 0 aliphatic carbocycles. The lowest BCUT2D eigenvalue weighted by Gasteiger charge is -2.01. The molecule has 0 bridgehead atoms. The van der Waals surface area contributed by atoms with E-state index in [4.69, 9.17) is 17.3 Å². The van der Waals surface area contributed by atoms with Gasteiger partial charge in [0.15, 0.2) is 5.82 Å². The van der Waals surface area contributed by atoms with Crippen LogP contribution in [0.3, 0.4) is 0 Å². The molecule has 3 N–H and O–H groups in total. The van der Waals surface area contributed by atoms with Gasteiger partial charge in [-0.25, -0.2) is 0 Å². The van der Waals surface area contributed by atoms with Gasteiger partial charge in [-0.05, 0) is 24.6 Å². The number of nitrogens with zero attached hydrogens (tertiary/aromatic N) is 2. The molecule has 72 valence electrons. The van der Waals surface area contributed by atoms with Crippen LogP contribution in [0.15, 0.2) is 18.2 Å². The Balaban J connectivity index is 2.55. The topological polar surface area (TPSA) is 67.6 Å². The molecule has 2 aromatic rings. The third-order valence-corrected chi connectivity index (χ3v) is 2.19. The highest BCUT2D eigenvalue weighted by molar-refractivity contribution is 6.30. The van der Waals surface area contributed by atoms with E-state index >= 15 is 0 Å². The third kappa shape index (κ3) is 1.56. The van der Waals surface area contributed by atoms with Crippen molar-refractivity contribution in [3.8, 4) is 11.4 Å². The van der Waals surface area contributed by atoms with Crippen molar-refractivity contribution in [1.29, 1.82) is 0 Å². The molecule has 14 heavy (non-hydrogen) atoms. The molecule has 0 aliphatic rings. The van der Waals surface area contributed by atoms with Crippen molar-refractivity contribution < 1.29 is 0 Å². The summed E-state index contributed by atoms with van der Waals surface area (Å²) in [6.45, 7) is 1.98. The Bertz CT molecular complexity index is 464. The fourth-order valence-electron chi connectivity index (χ4n) is 1.24. The largest absolute Gasteiger partial charge is 0.366 e. The van der Waals surface area contributed by atoms with Crippen LogP contribution in [0, 0.1) is 6.92 Å². The second-order valence-corrected chi connectivity index (χ2v) is 3.44. The van der Waals surface area contributed by atoms with Crippen molar-refractivity contribution in [2.24, 2.45) is 0 Å². The Labute approximate surface area is 86.1 Å². The first-order valence-electron chi connectivity index (χ1n) is 4.11. The van der Waals surface area contributed by atoms with Gasteiger partial charge >= 0.3 is 0 Å². The van der Waals surface area contributed by atoms with Crippen LogP contribution < -0.4 is 5.73 Å². The van der Waals surface area contributed by atoms with Crippen molar-refractivity contribution in [3.63, 3.8) is 0 Å². The number of H-pyrrole nitrogens is 1. The Morgan fingerprint density at radius 2 is 2.21 bits per heavy atom. The number of nitrogens with one attached hydrogen (secondary N) is 1. The van der Waals surface area contributed by atoms with Crippen molar-refractivity contribution in [2.75, 3.05) is 5.73 Å². The molecule has 1 aromatic heterocycles. The molecule has 4 nitrogen and oxygen atoms in total. The average Bonchev–Trinajstić information content (AvgIpc) is 2.56. The van der Waals surface area contributed by atoms with Crippen molar-refractivity contribution in [2.45, 2.75) is 6.92 Å². The predicted octanol–water partition coefficient (Wildman–Crippen LogP) is 2.02. The Morgan fingerprint density at radius 3 is 2.86 bits per heavy atom.